The number of primary amides is 2. The molecule has 4 aliphatic rings. The Morgan fingerprint density at radius 1 is 0.793 bits per heavy atom. The lowest BCUT2D eigenvalue weighted by Crippen LogP contribution is -2.48. The van der Waals surface area contributed by atoms with Gasteiger partial charge >= 0.3 is 22.5 Å². The van der Waals surface area contributed by atoms with E-state index in [1.807, 2.05) is 0 Å². The molecule has 4 heterocycles. The van der Waals surface area contributed by atoms with E-state index in [1.165, 1.54) is 0 Å². The van der Waals surface area contributed by atoms with Crippen molar-refractivity contribution in [2.45, 2.75) is 49.9 Å². The molecular weight excluding hydrogens is 412 g/mol. The van der Waals surface area contributed by atoms with Crippen LogP contribution in [-0.2, 0) is 28.6 Å². The molecule has 6 amide bonds. The third-order valence-corrected chi connectivity index (χ3v) is 6.33. The second-order valence-corrected chi connectivity index (χ2v) is 8.49. The number of hydrogen-bond donors (Lipinski definition) is 2. The zero-order valence-corrected chi connectivity index (χ0v) is 16.0. The fourth-order valence-corrected chi connectivity index (χ4v) is 5.05. The Morgan fingerprint density at radius 3 is 1.52 bits per heavy atom. The van der Waals surface area contributed by atoms with E-state index in [2.05, 4.69) is 0 Å². The molecule has 14 nitrogen and oxygen atoms in total. The van der Waals surface area contributed by atoms with Gasteiger partial charge in [0.05, 0.1) is 12.1 Å². The zero-order valence-electron chi connectivity index (χ0n) is 15.2. The van der Waals surface area contributed by atoms with Crippen molar-refractivity contribution < 1.29 is 36.2 Å². The first kappa shape index (κ1) is 19.7. The lowest BCUT2D eigenvalue weighted by atomic mass is 10.0. The Balaban J connectivity index is 1.45. The summed E-state index contributed by atoms with van der Waals surface area (Å²) in [6.45, 7) is 0.169. The second kappa shape index (κ2) is 6.70. The molecule has 0 aromatic rings. The molecule has 4 rings (SSSR count). The second-order valence-electron chi connectivity index (χ2n) is 7.38. The molecule has 0 spiro atoms. The average Bonchev–Trinajstić information content (AvgIpc) is 3.01. The maximum absolute atomic E-state index is 12.4. The number of piperidine rings is 2. The summed E-state index contributed by atoms with van der Waals surface area (Å²) in [4.78, 5) is 50.1. The van der Waals surface area contributed by atoms with Crippen LogP contribution < -0.4 is 11.5 Å². The fraction of sp³-hybridized carbons (Fsp3) is 0.714. The van der Waals surface area contributed by atoms with E-state index < -0.39 is 58.4 Å². The van der Waals surface area contributed by atoms with Crippen LogP contribution in [0.3, 0.4) is 0 Å². The molecule has 0 radical (unpaired) electrons. The lowest BCUT2D eigenvalue weighted by Gasteiger charge is -2.27. The number of urea groups is 2. The highest BCUT2D eigenvalue weighted by Crippen LogP contribution is 2.33. The van der Waals surface area contributed by atoms with Crippen LogP contribution in [0.2, 0.25) is 0 Å². The van der Waals surface area contributed by atoms with Gasteiger partial charge in [0.25, 0.3) is 0 Å². The van der Waals surface area contributed by atoms with E-state index in [1.54, 1.807) is 0 Å². The standard InChI is InChI=1S/C14H20N6O8S/c15-11(21)9-3-1-7-5-17(9)13(23)19(7)27-29(25,26)28-20-8-2-4-10(12(16)22)18(6-8)14(20)24/h7-10H,1-6H2,(H2,15,21)(H2,16,22)/t7-,8-,9+,10+/m1/s1. The smallest absolute Gasteiger partial charge is 0.368 e. The van der Waals surface area contributed by atoms with E-state index >= 15 is 0 Å². The third kappa shape index (κ3) is 3.24. The highest BCUT2D eigenvalue weighted by molar-refractivity contribution is 7.81. The third-order valence-electron chi connectivity index (χ3n) is 5.65. The molecule has 4 atom stereocenters. The summed E-state index contributed by atoms with van der Waals surface area (Å²) in [5.74, 6) is -1.38. The monoisotopic (exact) mass is 432 g/mol. The molecule has 15 heteroatoms. The van der Waals surface area contributed by atoms with Crippen LogP contribution in [0.5, 0.6) is 0 Å². The highest BCUT2D eigenvalue weighted by atomic mass is 32.3. The molecule has 4 N–H and O–H groups in total. The van der Waals surface area contributed by atoms with Gasteiger partial charge in [-0.3, -0.25) is 9.59 Å². The Morgan fingerprint density at radius 2 is 1.17 bits per heavy atom. The number of fused-ring (bicyclic) bond motifs is 4. The molecule has 4 aliphatic heterocycles. The molecule has 0 aromatic heterocycles. The van der Waals surface area contributed by atoms with Crippen molar-refractivity contribution in [1.29, 1.82) is 0 Å². The number of nitrogens with zero attached hydrogens (tertiary/aromatic N) is 4. The van der Waals surface area contributed by atoms with Crippen molar-refractivity contribution in [3.05, 3.63) is 0 Å². The Labute approximate surface area is 165 Å². The number of rotatable bonds is 6. The minimum absolute atomic E-state index is 0.0846. The van der Waals surface area contributed by atoms with Crippen molar-refractivity contribution in [1.82, 2.24) is 19.9 Å². The molecule has 0 aliphatic carbocycles. The number of carbonyl (C=O) groups excluding carboxylic acids is 4. The summed E-state index contributed by atoms with van der Waals surface area (Å²) in [6, 6.07) is -4.54. The van der Waals surface area contributed by atoms with Crippen molar-refractivity contribution in [2.75, 3.05) is 13.1 Å². The van der Waals surface area contributed by atoms with Gasteiger partial charge in [-0.1, -0.05) is 0 Å². The Kier molecular flexibility index (Phi) is 4.54. The normalized spacial score (nSPS) is 31.6. The topological polar surface area (TPSA) is 186 Å². The fourth-order valence-electron chi connectivity index (χ4n) is 4.26. The number of hydrogen-bond acceptors (Lipinski definition) is 8. The molecule has 4 fully saturated rings. The van der Waals surface area contributed by atoms with Crippen LogP contribution in [0.25, 0.3) is 0 Å². The number of amides is 6. The largest absolute Gasteiger partial charge is 0.442 e. The first-order valence-corrected chi connectivity index (χ1v) is 10.3. The van der Waals surface area contributed by atoms with Gasteiger partial charge < -0.3 is 21.3 Å². The molecule has 4 bridgehead atoms. The van der Waals surface area contributed by atoms with Crippen molar-refractivity contribution in [2.24, 2.45) is 11.5 Å². The summed E-state index contributed by atoms with van der Waals surface area (Å²) in [7, 11) is -4.84. The van der Waals surface area contributed by atoms with Gasteiger partial charge in [-0.05, 0) is 25.7 Å². The van der Waals surface area contributed by atoms with Gasteiger partial charge in [0.2, 0.25) is 11.8 Å². The molecule has 0 saturated carbocycles. The Hall–Kier alpha value is -2.65. The predicted octanol–water partition coefficient (Wildman–Crippen LogP) is -2.40. The number of carbonyl (C=O) groups is 4. The summed E-state index contributed by atoms with van der Waals surface area (Å²) >= 11 is 0. The lowest BCUT2D eigenvalue weighted by molar-refractivity contribution is -0.123. The van der Waals surface area contributed by atoms with Crippen LogP contribution in [0.4, 0.5) is 9.59 Å². The SMILES string of the molecule is NC(=O)[C@@H]1CC[C@@H]2CN1C(=O)N2OS(=O)(=O)ON1C(=O)N2C[C@H]1CC[C@H]2C(N)=O. The zero-order chi connectivity index (χ0) is 21.1. The van der Waals surface area contributed by atoms with Gasteiger partial charge in [-0.15, -0.1) is 8.57 Å². The van der Waals surface area contributed by atoms with Crippen molar-refractivity contribution >= 4 is 34.3 Å². The minimum atomic E-state index is -4.84. The molecular formula is C14H20N6O8S. The van der Waals surface area contributed by atoms with Crippen molar-refractivity contribution in [3.8, 4) is 0 Å². The van der Waals surface area contributed by atoms with Crippen LogP contribution in [-0.4, -0.2) is 89.5 Å². The first-order valence-electron chi connectivity index (χ1n) is 9.01. The molecule has 4 saturated heterocycles. The van der Waals surface area contributed by atoms with E-state index in [0.29, 0.717) is 23.0 Å². The maximum Gasteiger partial charge on any atom is 0.442 e. The summed E-state index contributed by atoms with van der Waals surface area (Å²) in [5.41, 5.74) is 10.6. The van der Waals surface area contributed by atoms with E-state index in [-0.39, 0.29) is 25.9 Å². The highest BCUT2D eigenvalue weighted by Gasteiger charge is 2.52. The van der Waals surface area contributed by atoms with Crippen LogP contribution >= 0.6 is 0 Å². The summed E-state index contributed by atoms with van der Waals surface area (Å²) in [6.07, 6.45) is 1.18. The number of hydroxylamine groups is 4. The van der Waals surface area contributed by atoms with Gasteiger partial charge in [-0.25, -0.2) is 9.59 Å². The average molecular weight is 432 g/mol. The van der Waals surface area contributed by atoms with E-state index in [9.17, 15) is 27.6 Å². The molecule has 160 valence electrons. The maximum atomic E-state index is 12.4. The predicted molar refractivity (Wildman–Crippen MR) is 91.0 cm³/mol. The first-order chi connectivity index (χ1) is 13.6. The van der Waals surface area contributed by atoms with E-state index in [0.717, 1.165) is 9.80 Å². The van der Waals surface area contributed by atoms with Gasteiger partial charge in [0.15, 0.2) is 0 Å². The quantitative estimate of drug-likeness (QED) is 0.465. The summed E-state index contributed by atoms with van der Waals surface area (Å²) < 4.78 is 34.4. The van der Waals surface area contributed by atoms with Gasteiger partial charge in [0, 0.05) is 13.1 Å². The van der Waals surface area contributed by atoms with Gasteiger partial charge in [-0.2, -0.15) is 18.5 Å². The Bertz CT molecular complexity index is 815. The van der Waals surface area contributed by atoms with Crippen LogP contribution in [0.1, 0.15) is 25.7 Å². The van der Waals surface area contributed by atoms with Crippen molar-refractivity contribution in [3.63, 3.8) is 0 Å². The molecule has 0 aromatic carbocycles. The van der Waals surface area contributed by atoms with Crippen LogP contribution in [0, 0.1) is 0 Å². The summed E-state index contributed by atoms with van der Waals surface area (Å²) in [5, 5.41) is 1.24. The van der Waals surface area contributed by atoms with Gasteiger partial charge in [0.1, 0.15) is 12.1 Å². The molecule has 0 unspecified atom stereocenters. The van der Waals surface area contributed by atoms with Crippen LogP contribution in [0.15, 0.2) is 0 Å². The minimum Gasteiger partial charge on any atom is -0.368 e. The number of nitrogens with two attached hydrogens (primary N) is 2. The van der Waals surface area contributed by atoms with E-state index in [4.69, 9.17) is 20.0 Å². The molecule has 29 heavy (non-hydrogen) atoms.